The van der Waals surface area contributed by atoms with Crippen molar-refractivity contribution < 1.29 is 4.39 Å². The van der Waals surface area contributed by atoms with Gasteiger partial charge < -0.3 is 5.73 Å². The van der Waals surface area contributed by atoms with Crippen LogP contribution in [0.1, 0.15) is 35.6 Å². The molecule has 0 aromatic heterocycles. The molecule has 1 nitrogen and oxygen atoms in total. The quantitative estimate of drug-likeness (QED) is 0.704. The zero-order chi connectivity index (χ0) is 10.3. The van der Waals surface area contributed by atoms with E-state index in [0.29, 0.717) is 10.6 Å². The fraction of sp³-hybridized carbons (Fsp3) is 0.455. The van der Waals surface area contributed by atoms with Gasteiger partial charge in [0.1, 0.15) is 5.82 Å². The fourth-order valence-electron chi connectivity index (χ4n) is 2.19. The topological polar surface area (TPSA) is 26.0 Å². The van der Waals surface area contributed by atoms with Crippen LogP contribution in [-0.4, -0.2) is 0 Å². The second-order valence-electron chi connectivity index (χ2n) is 3.86. The minimum Gasteiger partial charge on any atom is -0.324 e. The molecule has 0 fully saturated rings. The highest BCUT2D eigenvalue weighted by Crippen LogP contribution is 2.36. The molecule has 1 aliphatic carbocycles. The Morgan fingerprint density at radius 2 is 2.29 bits per heavy atom. The lowest BCUT2D eigenvalue weighted by Crippen LogP contribution is -2.19. The summed E-state index contributed by atoms with van der Waals surface area (Å²) >= 11 is 5.99. The van der Waals surface area contributed by atoms with E-state index in [1.54, 1.807) is 6.92 Å². The Bertz CT molecular complexity index is 376. The third-order valence-electron chi connectivity index (χ3n) is 2.94. The molecule has 0 saturated carbocycles. The van der Waals surface area contributed by atoms with Crippen LogP contribution in [0.15, 0.2) is 6.07 Å². The van der Waals surface area contributed by atoms with Gasteiger partial charge in [-0.1, -0.05) is 11.6 Å². The Kier molecular flexibility index (Phi) is 2.50. The van der Waals surface area contributed by atoms with Crippen molar-refractivity contribution >= 4 is 11.6 Å². The molecule has 0 heterocycles. The van der Waals surface area contributed by atoms with Crippen LogP contribution in [0.3, 0.4) is 0 Å². The SMILES string of the molecule is Cc1c(F)cc(Cl)c2c1[C@H](N)CCC2. The van der Waals surface area contributed by atoms with Crippen LogP contribution in [0.5, 0.6) is 0 Å². The molecule has 0 amide bonds. The van der Waals surface area contributed by atoms with E-state index < -0.39 is 0 Å². The maximum absolute atomic E-state index is 13.4. The number of benzene rings is 1. The summed E-state index contributed by atoms with van der Waals surface area (Å²) < 4.78 is 13.4. The van der Waals surface area contributed by atoms with E-state index in [0.717, 1.165) is 30.4 Å². The highest BCUT2D eigenvalue weighted by molar-refractivity contribution is 6.31. The molecule has 0 bridgehead atoms. The lowest BCUT2D eigenvalue weighted by atomic mass is 9.85. The minimum absolute atomic E-state index is 0.0491. The molecule has 1 aliphatic rings. The van der Waals surface area contributed by atoms with Crippen LogP contribution >= 0.6 is 11.6 Å². The average Bonchev–Trinajstić information content (AvgIpc) is 2.14. The van der Waals surface area contributed by atoms with Crippen molar-refractivity contribution in [2.45, 2.75) is 32.2 Å². The molecular weight excluding hydrogens is 201 g/mol. The number of nitrogens with two attached hydrogens (primary N) is 1. The first-order chi connectivity index (χ1) is 6.61. The summed E-state index contributed by atoms with van der Waals surface area (Å²) in [7, 11) is 0. The normalized spacial score (nSPS) is 20.7. The second-order valence-corrected chi connectivity index (χ2v) is 4.26. The van der Waals surface area contributed by atoms with Crippen molar-refractivity contribution in [3.63, 3.8) is 0 Å². The molecule has 0 radical (unpaired) electrons. The molecule has 1 aromatic rings. The summed E-state index contributed by atoms with van der Waals surface area (Å²) in [5.41, 5.74) is 8.60. The van der Waals surface area contributed by atoms with Gasteiger partial charge in [-0.05, 0) is 48.9 Å². The Hall–Kier alpha value is -0.600. The lowest BCUT2D eigenvalue weighted by Gasteiger charge is -2.25. The predicted molar refractivity (Wildman–Crippen MR) is 56.0 cm³/mol. The molecule has 1 aromatic carbocycles. The smallest absolute Gasteiger partial charge is 0.127 e. The molecule has 1 atom stereocenters. The third kappa shape index (κ3) is 1.43. The largest absolute Gasteiger partial charge is 0.324 e. The van der Waals surface area contributed by atoms with Gasteiger partial charge in [0.2, 0.25) is 0 Å². The molecule has 2 N–H and O–H groups in total. The maximum atomic E-state index is 13.4. The summed E-state index contributed by atoms with van der Waals surface area (Å²) in [5, 5.41) is 0.526. The van der Waals surface area contributed by atoms with E-state index in [9.17, 15) is 4.39 Å². The predicted octanol–water partition coefficient (Wildman–Crippen LogP) is 3.12. The maximum Gasteiger partial charge on any atom is 0.127 e. The summed E-state index contributed by atoms with van der Waals surface area (Å²) in [5.74, 6) is -0.244. The average molecular weight is 214 g/mol. The van der Waals surface area contributed by atoms with Gasteiger partial charge in [0.15, 0.2) is 0 Å². The first-order valence-corrected chi connectivity index (χ1v) is 5.22. The van der Waals surface area contributed by atoms with Crippen LogP contribution in [0.4, 0.5) is 4.39 Å². The molecule has 0 spiro atoms. The minimum atomic E-state index is -0.244. The van der Waals surface area contributed by atoms with E-state index in [1.807, 2.05) is 0 Å². The number of rotatable bonds is 0. The van der Waals surface area contributed by atoms with Gasteiger partial charge in [-0.3, -0.25) is 0 Å². The van der Waals surface area contributed by atoms with E-state index in [2.05, 4.69) is 0 Å². The molecule has 14 heavy (non-hydrogen) atoms. The second kappa shape index (κ2) is 3.52. The fourth-order valence-corrected chi connectivity index (χ4v) is 2.48. The number of halogens is 2. The molecular formula is C11H13ClFN. The van der Waals surface area contributed by atoms with Crippen LogP contribution in [0.25, 0.3) is 0 Å². The van der Waals surface area contributed by atoms with E-state index in [4.69, 9.17) is 17.3 Å². The highest BCUT2D eigenvalue weighted by Gasteiger charge is 2.23. The van der Waals surface area contributed by atoms with Crippen molar-refractivity contribution in [1.29, 1.82) is 0 Å². The highest BCUT2D eigenvalue weighted by atomic mass is 35.5. The standard InChI is InChI=1S/C11H13ClFN/c1-6-9(13)5-8(12)7-3-2-4-10(14)11(6)7/h5,10H,2-4,14H2,1H3/t10-/m1/s1. The van der Waals surface area contributed by atoms with E-state index in [-0.39, 0.29) is 11.9 Å². The van der Waals surface area contributed by atoms with Crippen molar-refractivity contribution in [3.05, 3.63) is 33.6 Å². The van der Waals surface area contributed by atoms with Crippen molar-refractivity contribution in [2.75, 3.05) is 0 Å². The Morgan fingerprint density at radius 1 is 1.57 bits per heavy atom. The van der Waals surface area contributed by atoms with Gasteiger partial charge in [-0.25, -0.2) is 4.39 Å². The van der Waals surface area contributed by atoms with E-state index in [1.165, 1.54) is 6.07 Å². The van der Waals surface area contributed by atoms with Gasteiger partial charge in [-0.15, -0.1) is 0 Å². The number of hydrogen-bond donors (Lipinski definition) is 1. The zero-order valence-electron chi connectivity index (χ0n) is 8.11. The summed E-state index contributed by atoms with van der Waals surface area (Å²) in [4.78, 5) is 0. The monoisotopic (exact) mass is 213 g/mol. The van der Waals surface area contributed by atoms with Gasteiger partial charge in [0.25, 0.3) is 0 Å². The van der Waals surface area contributed by atoms with Crippen LogP contribution < -0.4 is 5.73 Å². The summed E-state index contributed by atoms with van der Waals surface area (Å²) in [6, 6.07) is 1.35. The molecule has 0 unspecified atom stereocenters. The van der Waals surface area contributed by atoms with Crippen molar-refractivity contribution in [2.24, 2.45) is 5.73 Å². The van der Waals surface area contributed by atoms with Gasteiger partial charge in [0.05, 0.1) is 0 Å². The van der Waals surface area contributed by atoms with E-state index >= 15 is 0 Å². The van der Waals surface area contributed by atoms with Gasteiger partial charge in [-0.2, -0.15) is 0 Å². The molecule has 0 aliphatic heterocycles. The Labute approximate surface area is 88.1 Å². The van der Waals surface area contributed by atoms with Crippen molar-refractivity contribution in [1.82, 2.24) is 0 Å². The summed E-state index contributed by atoms with van der Waals surface area (Å²) in [6.45, 7) is 1.77. The third-order valence-corrected chi connectivity index (χ3v) is 3.28. The molecule has 0 saturated heterocycles. The van der Waals surface area contributed by atoms with Crippen LogP contribution in [0, 0.1) is 12.7 Å². The zero-order valence-corrected chi connectivity index (χ0v) is 8.87. The number of fused-ring (bicyclic) bond motifs is 1. The first kappa shape index (κ1) is 9.94. The van der Waals surface area contributed by atoms with Gasteiger partial charge >= 0.3 is 0 Å². The summed E-state index contributed by atoms with van der Waals surface area (Å²) in [6.07, 6.45) is 2.88. The van der Waals surface area contributed by atoms with Crippen molar-refractivity contribution in [3.8, 4) is 0 Å². The lowest BCUT2D eigenvalue weighted by molar-refractivity contribution is 0.550. The first-order valence-electron chi connectivity index (χ1n) is 4.84. The molecule has 3 heteroatoms. The Morgan fingerprint density at radius 3 is 3.00 bits per heavy atom. The van der Waals surface area contributed by atoms with Gasteiger partial charge in [0, 0.05) is 11.1 Å². The number of hydrogen-bond acceptors (Lipinski definition) is 1. The molecule has 76 valence electrons. The Balaban J connectivity index is 2.67. The van der Waals surface area contributed by atoms with Crippen LogP contribution in [0.2, 0.25) is 5.02 Å². The van der Waals surface area contributed by atoms with Crippen LogP contribution in [-0.2, 0) is 6.42 Å². The molecule has 2 rings (SSSR count).